The van der Waals surface area contributed by atoms with E-state index in [1.807, 2.05) is 0 Å². The van der Waals surface area contributed by atoms with Crippen LogP contribution in [0.2, 0.25) is 0 Å². The Hall–Kier alpha value is -0.160. The fourth-order valence-electron chi connectivity index (χ4n) is 4.76. The van der Waals surface area contributed by atoms with Gasteiger partial charge in [-0.2, -0.15) is 0 Å². The van der Waals surface area contributed by atoms with E-state index in [2.05, 4.69) is 54.6 Å². The van der Waals surface area contributed by atoms with Gasteiger partial charge in [0.2, 0.25) is 0 Å². The van der Waals surface area contributed by atoms with E-state index in [-0.39, 0.29) is 5.54 Å². The van der Waals surface area contributed by atoms with Crippen molar-refractivity contribution in [3.05, 3.63) is 0 Å². The molecular weight excluding hydrogens is 272 g/mol. The van der Waals surface area contributed by atoms with E-state index < -0.39 is 0 Å². The van der Waals surface area contributed by atoms with Gasteiger partial charge in [0.05, 0.1) is 6.67 Å². The minimum atomic E-state index is 0.234. The van der Waals surface area contributed by atoms with Gasteiger partial charge in [-0.1, -0.05) is 0 Å². The summed E-state index contributed by atoms with van der Waals surface area (Å²) in [5.41, 5.74) is 0.234. The van der Waals surface area contributed by atoms with Crippen LogP contribution in [0.3, 0.4) is 0 Å². The van der Waals surface area contributed by atoms with Crippen molar-refractivity contribution in [1.29, 1.82) is 0 Å². The Balaban J connectivity index is 1.48. The predicted molar refractivity (Wildman–Crippen MR) is 93.1 cm³/mol. The zero-order valence-corrected chi connectivity index (χ0v) is 15.3. The second-order valence-electron chi connectivity index (χ2n) is 9.06. The van der Waals surface area contributed by atoms with E-state index in [1.165, 1.54) is 52.1 Å². The highest BCUT2D eigenvalue weighted by atomic mass is 15.4. The average molecular weight is 309 g/mol. The van der Waals surface area contributed by atoms with Gasteiger partial charge in [-0.3, -0.25) is 14.7 Å². The Morgan fingerprint density at radius 1 is 1.09 bits per heavy atom. The number of piperidine rings is 1. The third-order valence-corrected chi connectivity index (χ3v) is 5.58. The normalized spacial score (nSPS) is 34.9. The van der Waals surface area contributed by atoms with Gasteiger partial charge in [0.1, 0.15) is 0 Å². The van der Waals surface area contributed by atoms with Gasteiger partial charge in [0.15, 0.2) is 0 Å². The molecule has 0 aromatic heterocycles. The Morgan fingerprint density at radius 2 is 1.86 bits per heavy atom. The summed E-state index contributed by atoms with van der Waals surface area (Å²) >= 11 is 0. The minimum absolute atomic E-state index is 0.234. The third-order valence-electron chi connectivity index (χ3n) is 5.58. The fraction of sp³-hybridized carbons (Fsp3) is 1.00. The molecular formula is C18H36N4. The average Bonchev–Trinajstić information content (AvgIpc) is 2.96. The Labute approximate surface area is 137 Å². The number of hydrogen-bond donors (Lipinski definition) is 1. The van der Waals surface area contributed by atoms with Gasteiger partial charge in [0.25, 0.3) is 0 Å². The maximum atomic E-state index is 3.80. The van der Waals surface area contributed by atoms with Crippen molar-refractivity contribution in [2.24, 2.45) is 0 Å². The monoisotopic (exact) mass is 308 g/mol. The standard InChI is InChI=1S/C18H36N4/c1-14(2)22-12-16-9-17(22)11-21(16)13-20-8-6-7-15(10-20)19-18(3,4)5/h14-17,19H,6-13H2,1-5H3/t15-,16?,17?/m0/s1. The van der Waals surface area contributed by atoms with E-state index in [0.717, 1.165) is 12.1 Å². The first kappa shape index (κ1) is 16.7. The number of fused-ring (bicyclic) bond motifs is 2. The molecule has 4 nitrogen and oxygen atoms in total. The number of nitrogens with one attached hydrogen (secondary N) is 1. The first-order chi connectivity index (χ1) is 10.3. The van der Waals surface area contributed by atoms with E-state index >= 15 is 0 Å². The summed E-state index contributed by atoms with van der Waals surface area (Å²) in [6, 6.07) is 3.01. The highest BCUT2D eigenvalue weighted by molar-refractivity contribution is 5.00. The van der Waals surface area contributed by atoms with Gasteiger partial charge in [-0.05, 0) is 60.4 Å². The number of rotatable bonds is 4. The maximum Gasteiger partial charge on any atom is 0.0510 e. The van der Waals surface area contributed by atoms with Gasteiger partial charge >= 0.3 is 0 Å². The minimum Gasteiger partial charge on any atom is -0.308 e. The van der Waals surface area contributed by atoms with Crippen molar-refractivity contribution >= 4 is 0 Å². The summed E-state index contributed by atoms with van der Waals surface area (Å²) in [5.74, 6) is 0. The van der Waals surface area contributed by atoms with E-state index in [4.69, 9.17) is 0 Å². The first-order valence-corrected chi connectivity index (χ1v) is 9.31. The van der Waals surface area contributed by atoms with E-state index in [0.29, 0.717) is 12.1 Å². The number of piperazine rings is 1. The van der Waals surface area contributed by atoms with Gasteiger partial charge in [0, 0.05) is 49.3 Å². The van der Waals surface area contributed by atoms with Gasteiger partial charge in [-0.25, -0.2) is 0 Å². The highest BCUT2D eigenvalue weighted by Gasteiger charge is 2.44. The molecule has 3 fully saturated rings. The number of hydrogen-bond acceptors (Lipinski definition) is 4. The van der Waals surface area contributed by atoms with Crippen LogP contribution in [0.15, 0.2) is 0 Å². The van der Waals surface area contributed by atoms with Crippen molar-refractivity contribution in [3.8, 4) is 0 Å². The third kappa shape index (κ3) is 3.84. The highest BCUT2D eigenvalue weighted by Crippen LogP contribution is 2.32. The summed E-state index contributed by atoms with van der Waals surface area (Å²) in [5, 5.41) is 3.80. The van der Waals surface area contributed by atoms with Crippen molar-refractivity contribution in [2.75, 3.05) is 32.8 Å². The lowest BCUT2D eigenvalue weighted by Gasteiger charge is -2.42. The Bertz CT molecular complexity index is 376. The summed E-state index contributed by atoms with van der Waals surface area (Å²) in [6.45, 7) is 17.8. The molecule has 2 bridgehead atoms. The van der Waals surface area contributed by atoms with Crippen LogP contribution in [-0.2, 0) is 0 Å². The quantitative estimate of drug-likeness (QED) is 0.857. The number of likely N-dealkylation sites (tertiary alicyclic amines) is 3. The molecule has 3 atom stereocenters. The summed E-state index contributed by atoms with van der Waals surface area (Å²) in [6.07, 6.45) is 4.07. The van der Waals surface area contributed by atoms with Crippen molar-refractivity contribution < 1.29 is 0 Å². The Morgan fingerprint density at radius 3 is 2.45 bits per heavy atom. The lowest BCUT2D eigenvalue weighted by Crippen LogP contribution is -2.56. The molecule has 0 radical (unpaired) electrons. The second-order valence-corrected chi connectivity index (χ2v) is 9.06. The first-order valence-electron chi connectivity index (χ1n) is 9.31. The van der Waals surface area contributed by atoms with E-state index in [9.17, 15) is 0 Å². The molecule has 3 saturated heterocycles. The van der Waals surface area contributed by atoms with Crippen molar-refractivity contribution in [2.45, 2.75) is 83.6 Å². The molecule has 128 valence electrons. The molecule has 0 aromatic carbocycles. The molecule has 22 heavy (non-hydrogen) atoms. The molecule has 4 heteroatoms. The van der Waals surface area contributed by atoms with Crippen LogP contribution in [0, 0.1) is 0 Å². The largest absolute Gasteiger partial charge is 0.308 e. The second kappa shape index (κ2) is 6.39. The van der Waals surface area contributed by atoms with Crippen molar-refractivity contribution in [3.63, 3.8) is 0 Å². The number of nitrogens with zero attached hydrogens (tertiary/aromatic N) is 3. The molecule has 0 spiro atoms. The molecule has 0 amide bonds. The molecule has 3 heterocycles. The van der Waals surface area contributed by atoms with Crippen LogP contribution in [0.4, 0.5) is 0 Å². The molecule has 0 aromatic rings. The van der Waals surface area contributed by atoms with Crippen LogP contribution in [0.1, 0.15) is 53.9 Å². The lowest BCUT2D eigenvalue weighted by atomic mass is 10.0. The fourth-order valence-corrected chi connectivity index (χ4v) is 4.76. The predicted octanol–water partition coefficient (Wildman–Crippen LogP) is 1.96. The van der Waals surface area contributed by atoms with Crippen LogP contribution < -0.4 is 5.32 Å². The topological polar surface area (TPSA) is 21.8 Å². The van der Waals surface area contributed by atoms with Crippen LogP contribution in [-0.4, -0.2) is 77.3 Å². The zero-order valence-electron chi connectivity index (χ0n) is 15.3. The van der Waals surface area contributed by atoms with E-state index in [1.54, 1.807) is 0 Å². The molecule has 0 aliphatic carbocycles. The summed E-state index contributed by atoms with van der Waals surface area (Å²) in [7, 11) is 0. The molecule has 3 rings (SSSR count). The molecule has 3 aliphatic heterocycles. The lowest BCUT2D eigenvalue weighted by molar-refractivity contribution is 0.0426. The van der Waals surface area contributed by atoms with Crippen LogP contribution in [0.25, 0.3) is 0 Å². The molecule has 2 unspecified atom stereocenters. The van der Waals surface area contributed by atoms with Crippen molar-refractivity contribution in [1.82, 2.24) is 20.0 Å². The SMILES string of the molecule is CC(C)N1CC2CC1CN2CN1CCC[C@H](NC(C)(C)C)C1. The summed E-state index contributed by atoms with van der Waals surface area (Å²) < 4.78 is 0. The molecule has 3 aliphatic rings. The van der Waals surface area contributed by atoms with Gasteiger partial charge in [-0.15, -0.1) is 0 Å². The van der Waals surface area contributed by atoms with Crippen LogP contribution in [0.5, 0.6) is 0 Å². The molecule has 1 N–H and O–H groups in total. The molecule has 0 saturated carbocycles. The summed E-state index contributed by atoms with van der Waals surface area (Å²) in [4.78, 5) is 8.15. The van der Waals surface area contributed by atoms with Gasteiger partial charge < -0.3 is 5.32 Å². The van der Waals surface area contributed by atoms with Crippen LogP contribution >= 0.6 is 0 Å². The zero-order chi connectivity index (χ0) is 15.9. The maximum absolute atomic E-state index is 3.80. The Kier molecular flexibility index (Phi) is 4.84. The smallest absolute Gasteiger partial charge is 0.0510 e.